The third-order valence-electron chi connectivity index (χ3n) is 10.1. The fourth-order valence-corrected chi connectivity index (χ4v) is 7.81. The summed E-state index contributed by atoms with van der Waals surface area (Å²) in [6.07, 6.45) is -1.43. The van der Waals surface area contributed by atoms with E-state index in [1.54, 1.807) is 18.2 Å². The zero-order valence-electron chi connectivity index (χ0n) is 27.0. The monoisotopic (exact) mass is 692 g/mol. The predicted octanol–water partition coefficient (Wildman–Crippen LogP) is 7.75. The predicted molar refractivity (Wildman–Crippen MR) is 179 cm³/mol. The molecule has 4 N–H and O–H groups in total. The quantitative estimate of drug-likeness (QED) is 0.224. The highest BCUT2D eigenvalue weighted by Gasteiger charge is 2.47. The number of nitrogens with one attached hydrogen (secondary N) is 2. The number of imidazole rings is 1. The summed E-state index contributed by atoms with van der Waals surface area (Å²) >= 11 is 13.4. The number of carbonyl (C=O) groups excluding carboxylic acids is 2. The Balaban J connectivity index is 1.39. The zero-order valence-corrected chi connectivity index (χ0v) is 28.5. The fourth-order valence-electron chi connectivity index (χ4n) is 7.27. The van der Waals surface area contributed by atoms with E-state index in [1.165, 1.54) is 6.42 Å². The number of rotatable bonds is 8. The van der Waals surface area contributed by atoms with Gasteiger partial charge in [-0.3, -0.25) is 9.59 Å². The van der Waals surface area contributed by atoms with Crippen LogP contribution in [0.3, 0.4) is 0 Å². The normalized spacial score (nSPS) is 22.8. The second-order valence-corrected chi connectivity index (χ2v) is 15.3. The summed E-state index contributed by atoms with van der Waals surface area (Å²) in [6, 6.07) is 5.17. The second-order valence-electron chi connectivity index (χ2n) is 14.6. The Morgan fingerprint density at radius 1 is 1.06 bits per heavy atom. The van der Waals surface area contributed by atoms with Crippen LogP contribution in [0.15, 0.2) is 18.2 Å². The number of aryl methyl sites for hydroxylation is 1. The molecule has 3 aliphatic rings. The van der Waals surface area contributed by atoms with Crippen molar-refractivity contribution in [3.8, 4) is 0 Å². The van der Waals surface area contributed by atoms with Crippen LogP contribution >= 0.6 is 23.2 Å². The maximum atomic E-state index is 13.5. The van der Waals surface area contributed by atoms with Crippen LogP contribution in [-0.4, -0.2) is 40.6 Å². The highest BCUT2D eigenvalue weighted by molar-refractivity contribution is 6.39. The van der Waals surface area contributed by atoms with Gasteiger partial charge in [0.2, 0.25) is 11.9 Å². The largest absolute Gasteiger partial charge is 0.391 e. The van der Waals surface area contributed by atoms with Crippen molar-refractivity contribution in [2.75, 3.05) is 23.3 Å². The first-order chi connectivity index (χ1) is 22.0. The number of amides is 2. The minimum atomic E-state index is -4.19. The third kappa shape index (κ3) is 6.75. The highest BCUT2D eigenvalue weighted by Crippen LogP contribution is 2.50. The molecule has 2 amide bonds. The van der Waals surface area contributed by atoms with Gasteiger partial charge in [0.25, 0.3) is 5.91 Å². The van der Waals surface area contributed by atoms with Gasteiger partial charge in [-0.2, -0.15) is 13.2 Å². The molecule has 2 aliphatic carbocycles. The van der Waals surface area contributed by atoms with Crippen molar-refractivity contribution in [3.05, 3.63) is 44.9 Å². The minimum Gasteiger partial charge on any atom is -0.370 e. The van der Waals surface area contributed by atoms with E-state index in [-0.39, 0.29) is 31.2 Å². The van der Waals surface area contributed by atoms with Gasteiger partial charge < -0.3 is 25.8 Å². The molecule has 0 bridgehead atoms. The highest BCUT2D eigenvalue weighted by atomic mass is 35.5. The van der Waals surface area contributed by atoms with Crippen LogP contribution < -0.4 is 21.3 Å². The number of hydrogen-bond donors (Lipinski definition) is 3. The molecular weight excluding hydrogens is 652 g/mol. The van der Waals surface area contributed by atoms with Gasteiger partial charge in [0.05, 0.1) is 43.9 Å². The first kappa shape index (κ1) is 33.7. The average Bonchev–Trinajstić information content (AvgIpc) is 3.47. The van der Waals surface area contributed by atoms with Crippen molar-refractivity contribution in [2.24, 2.45) is 41.9 Å². The Morgan fingerprint density at radius 3 is 2.32 bits per heavy atom. The van der Waals surface area contributed by atoms with E-state index >= 15 is 0 Å². The number of fused-ring (bicyclic) bond motifs is 2. The average molecular weight is 694 g/mol. The molecule has 2 aromatic carbocycles. The molecular formula is C34H41Cl2F3N6O2. The number of primary amides is 1. The lowest BCUT2D eigenvalue weighted by molar-refractivity contribution is -0.183. The van der Waals surface area contributed by atoms with Gasteiger partial charge in [0, 0.05) is 37.7 Å². The first-order valence-corrected chi connectivity index (χ1v) is 16.9. The summed E-state index contributed by atoms with van der Waals surface area (Å²) in [5, 5.41) is 6.87. The van der Waals surface area contributed by atoms with E-state index in [2.05, 4.69) is 15.5 Å². The Labute approximate surface area is 282 Å². The maximum absolute atomic E-state index is 13.5. The van der Waals surface area contributed by atoms with Gasteiger partial charge >= 0.3 is 6.18 Å². The van der Waals surface area contributed by atoms with E-state index in [0.717, 1.165) is 29.9 Å². The Kier molecular flexibility index (Phi) is 8.87. The SMILES string of the molecule is Cn1c(Nc2c(Cl)ccc(CNC(=O)C(C)(C)C)c2Cl)nc2cc(C(N)=O)c(N3C[C@@H]4C[C@H]4C3)c(CC3CCC(C(F)(F)F)CC3)c21. The minimum absolute atomic E-state index is 0.0194. The standard InChI is InChI=1S/C34H41Cl2F3N6O2/c1-33(2,3)31(47)41-14-18-7-10-24(35)27(26(18)36)43-32-42-25-13-23(30(40)46)28(45-15-19-12-20(19)16-45)22(29(25)44(32)4)11-17-5-8-21(9-6-17)34(37,38)39/h7,10,13,17,19-21H,5-6,8-9,11-12,14-16H2,1-4H3,(H2,40,46)(H,41,47)(H,42,43)/t17?,19-,20-,21?/m0/s1. The maximum Gasteiger partial charge on any atom is 0.391 e. The van der Waals surface area contributed by atoms with Crippen molar-refractivity contribution in [2.45, 2.75) is 72.0 Å². The molecule has 254 valence electrons. The number of nitrogens with zero attached hydrogens (tertiary/aromatic N) is 3. The smallest absolute Gasteiger partial charge is 0.370 e. The summed E-state index contributed by atoms with van der Waals surface area (Å²) in [5.41, 5.74) is 9.84. The lowest BCUT2D eigenvalue weighted by atomic mass is 9.78. The summed E-state index contributed by atoms with van der Waals surface area (Å²) in [5.74, 6) is -0.375. The van der Waals surface area contributed by atoms with Gasteiger partial charge in [-0.05, 0) is 74.0 Å². The van der Waals surface area contributed by atoms with Crippen molar-refractivity contribution < 1.29 is 22.8 Å². The van der Waals surface area contributed by atoms with Gasteiger partial charge in [0.15, 0.2) is 0 Å². The van der Waals surface area contributed by atoms with E-state index in [1.807, 2.05) is 32.4 Å². The molecule has 2 atom stereocenters. The molecule has 13 heteroatoms. The van der Waals surface area contributed by atoms with E-state index < -0.39 is 23.4 Å². The molecule has 8 nitrogen and oxygen atoms in total. The number of nitrogens with two attached hydrogens (primary N) is 1. The van der Waals surface area contributed by atoms with Crippen LogP contribution in [0.25, 0.3) is 11.0 Å². The van der Waals surface area contributed by atoms with Crippen LogP contribution in [0.4, 0.5) is 30.5 Å². The number of anilines is 3. The molecule has 0 unspecified atom stereocenters. The Hall–Kier alpha value is -3.18. The van der Waals surface area contributed by atoms with Gasteiger partial charge in [0.1, 0.15) is 0 Å². The van der Waals surface area contributed by atoms with Crippen molar-refractivity contribution in [1.82, 2.24) is 14.9 Å². The number of alkyl halides is 3. The number of benzene rings is 2. The lowest BCUT2D eigenvalue weighted by Crippen LogP contribution is -2.34. The van der Waals surface area contributed by atoms with E-state index in [9.17, 15) is 22.8 Å². The summed E-state index contributed by atoms with van der Waals surface area (Å²) in [7, 11) is 1.85. The fraction of sp³-hybridized carbons (Fsp3) is 0.559. The van der Waals surface area contributed by atoms with Crippen LogP contribution in [0.2, 0.25) is 10.0 Å². The van der Waals surface area contributed by atoms with Crippen molar-refractivity contribution in [1.29, 1.82) is 0 Å². The van der Waals surface area contributed by atoms with Crippen LogP contribution in [0.1, 0.15) is 74.4 Å². The molecule has 2 heterocycles. The van der Waals surface area contributed by atoms with Crippen LogP contribution in [-0.2, 0) is 24.8 Å². The van der Waals surface area contributed by atoms with E-state index in [4.69, 9.17) is 33.9 Å². The third-order valence-corrected chi connectivity index (χ3v) is 10.9. The molecule has 6 rings (SSSR count). The summed E-state index contributed by atoms with van der Waals surface area (Å²) < 4.78 is 42.3. The Morgan fingerprint density at radius 2 is 1.72 bits per heavy atom. The van der Waals surface area contributed by atoms with Gasteiger partial charge in [-0.25, -0.2) is 4.98 Å². The Bertz CT molecular complexity index is 1720. The van der Waals surface area contributed by atoms with Gasteiger partial charge in [-0.15, -0.1) is 0 Å². The number of piperidine rings is 1. The zero-order chi connectivity index (χ0) is 34.0. The second kappa shape index (κ2) is 12.4. The summed E-state index contributed by atoms with van der Waals surface area (Å²) in [6.45, 7) is 7.32. The van der Waals surface area contributed by atoms with Crippen molar-refractivity contribution >= 4 is 63.4 Å². The van der Waals surface area contributed by atoms with E-state index in [0.29, 0.717) is 69.4 Å². The first-order valence-electron chi connectivity index (χ1n) is 16.2. The summed E-state index contributed by atoms with van der Waals surface area (Å²) in [4.78, 5) is 32.5. The van der Waals surface area contributed by atoms with Crippen LogP contribution in [0.5, 0.6) is 0 Å². The molecule has 0 radical (unpaired) electrons. The number of halogens is 5. The molecule has 1 aromatic heterocycles. The topological polar surface area (TPSA) is 105 Å². The molecule has 3 fully saturated rings. The number of hydrogen-bond acceptors (Lipinski definition) is 5. The molecule has 0 spiro atoms. The molecule has 2 saturated carbocycles. The van der Waals surface area contributed by atoms with Crippen molar-refractivity contribution in [3.63, 3.8) is 0 Å². The van der Waals surface area contributed by atoms with Gasteiger partial charge in [-0.1, -0.05) is 50.0 Å². The molecule has 47 heavy (non-hydrogen) atoms. The number of carbonyl (C=O) groups is 2. The molecule has 1 saturated heterocycles. The molecule has 1 aliphatic heterocycles. The molecule has 3 aromatic rings. The lowest BCUT2D eigenvalue weighted by Gasteiger charge is -2.32. The van der Waals surface area contributed by atoms with Crippen LogP contribution in [0, 0.1) is 29.1 Å². The number of aromatic nitrogens is 2.